The van der Waals surface area contributed by atoms with E-state index in [4.69, 9.17) is 4.74 Å². The van der Waals surface area contributed by atoms with Gasteiger partial charge in [-0.2, -0.15) is 0 Å². The van der Waals surface area contributed by atoms with Crippen LogP contribution in [-0.2, 0) is 20.9 Å². The van der Waals surface area contributed by atoms with Gasteiger partial charge < -0.3 is 20.7 Å². The highest BCUT2D eigenvalue weighted by molar-refractivity contribution is 5.83. The molecule has 174 valence electrons. The van der Waals surface area contributed by atoms with Crippen LogP contribution in [0.3, 0.4) is 0 Å². The second-order valence-electron chi connectivity index (χ2n) is 10.2. The molecule has 1 unspecified atom stereocenters. The van der Waals surface area contributed by atoms with E-state index < -0.39 is 12.1 Å². The highest BCUT2D eigenvalue weighted by Crippen LogP contribution is 2.55. The van der Waals surface area contributed by atoms with Crippen LogP contribution in [0.2, 0.25) is 0 Å². The fourth-order valence-electron chi connectivity index (χ4n) is 6.18. The van der Waals surface area contributed by atoms with E-state index in [1.165, 1.54) is 19.3 Å². The van der Waals surface area contributed by atoms with Crippen molar-refractivity contribution in [2.75, 3.05) is 6.54 Å². The molecule has 5 rings (SSSR count). The highest BCUT2D eigenvalue weighted by atomic mass is 16.5. The average Bonchev–Trinajstić information content (AvgIpc) is 2.71. The number of benzene rings is 1. The first-order valence-electron chi connectivity index (χ1n) is 11.9. The van der Waals surface area contributed by atoms with Gasteiger partial charge in [0.05, 0.1) is 6.42 Å². The molecule has 4 bridgehead atoms. The number of esters is 1. The van der Waals surface area contributed by atoms with E-state index in [0.29, 0.717) is 6.54 Å². The molecule has 1 aromatic rings. The van der Waals surface area contributed by atoms with Crippen molar-refractivity contribution >= 4 is 17.9 Å². The van der Waals surface area contributed by atoms with Crippen molar-refractivity contribution in [1.29, 1.82) is 0 Å². The SMILES string of the molecule is Cc1ccc(CNC(=O)C(C)OC(=O)CCNC(=O)NC23CC4CC(CC(C4)C2)C3)cc1. The Morgan fingerprint density at radius 2 is 1.59 bits per heavy atom. The van der Waals surface area contributed by atoms with Crippen molar-refractivity contribution in [1.82, 2.24) is 16.0 Å². The number of urea groups is 1. The first kappa shape index (κ1) is 22.6. The molecule has 4 saturated carbocycles. The van der Waals surface area contributed by atoms with E-state index >= 15 is 0 Å². The van der Waals surface area contributed by atoms with Crippen molar-refractivity contribution in [3.8, 4) is 0 Å². The second kappa shape index (κ2) is 9.51. The van der Waals surface area contributed by atoms with Gasteiger partial charge in [0.25, 0.3) is 5.91 Å². The van der Waals surface area contributed by atoms with Gasteiger partial charge in [-0.15, -0.1) is 0 Å². The van der Waals surface area contributed by atoms with Gasteiger partial charge >= 0.3 is 12.0 Å². The zero-order chi connectivity index (χ0) is 22.7. The summed E-state index contributed by atoms with van der Waals surface area (Å²) in [5.74, 6) is 1.44. The zero-order valence-corrected chi connectivity index (χ0v) is 19.1. The van der Waals surface area contributed by atoms with Gasteiger partial charge in [0, 0.05) is 18.6 Å². The van der Waals surface area contributed by atoms with Crippen molar-refractivity contribution in [3.05, 3.63) is 35.4 Å². The van der Waals surface area contributed by atoms with Crippen LogP contribution in [0.25, 0.3) is 0 Å². The van der Waals surface area contributed by atoms with E-state index in [9.17, 15) is 14.4 Å². The van der Waals surface area contributed by atoms with E-state index in [2.05, 4.69) is 16.0 Å². The Morgan fingerprint density at radius 3 is 2.19 bits per heavy atom. The Bertz CT molecular complexity index is 816. The van der Waals surface area contributed by atoms with E-state index in [1.807, 2.05) is 31.2 Å². The largest absolute Gasteiger partial charge is 0.452 e. The van der Waals surface area contributed by atoms with Crippen LogP contribution in [0.1, 0.15) is 63.0 Å². The van der Waals surface area contributed by atoms with Gasteiger partial charge in [0.15, 0.2) is 6.10 Å². The number of nitrogens with one attached hydrogen (secondary N) is 3. The number of ether oxygens (including phenoxy) is 1. The van der Waals surface area contributed by atoms with Gasteiger partial charge in [-0.3, -0.25) is 9.59 Å². The molecule has 0 heterocycles. The molecule has 7 nitrogen and oxygen atoms in total. The second-order valence-corrected chi connectivity index (χ2v) is 10.2. The molecule has 0 aliphatic heterocycles. The third-order valence-corrected chi connectivity index (χ3v) is 7.30. The molecule has 0 radical (unpaired) electrons. The third kappa shape index (κ3) is 5.61. The molecule has 0 spiro atoms. The molecule has 4 aliphatic carbocycles. The van der Waals surface area contributed by atoms with Crippen LogP contribution in [0.15, 0.2) is 24.3 Å². The first-order chi connectivity index (χ1) is 15.3. The molecule has 1 aromatic carbocycles. The third-order valence-electron chi connectivity index (χ3n) is 7.30. The average molecular weight is 442 g/mol. The molecule has 4 fully saturated rings. The first-order valence-corrected chi connectivity index (χ1v) is 11.9. The summed E-state index contributed by atoms with van der Waals surface area (Å²) in [7, 11) is 0. The molecule has 0 aromatic heterocycles. The van der Waals surface area contributed by atoms with Crippen LogP contribution >= 0.6 is 0 Å². The maximum atomic E-state index is 12.4. The molecule has 3 amide bonds. The van der Waals surface area contributed by atoms with Crippen molar-refractivity contribution < 1.29 is 19.1 Å². The predicted octanol–water partition coefficient (Wildman–Crippen LogP) is 3.20. The lowest BCUT2D eigenvalue weighted by Gasteiger charge is -2.56. The molecule has 1 atom stereocenters. The number of rotatable bonds is 8. The number of carbonyl (C=O) groups is 3. The Hall–Kier alpha value is -2.57. The highest BCUT2D eigenvalue weighted by Gasteiger charge is 2.51. The molecule has 0 saturated heterocycles. The summed E-state index contributed by atoms with van der Waals surface area (Å²) in [5.41, 5.74) is 2.09. The smallest absolute Gasteiger partial charge is 0.315 e. The monoisotopic (exact) mass is 441 g/mol. The Morgan fingerprint density at radius 1 is 1.00 bits per heavy atom. The minimum absolute atomic E-state index is 0.0316. The summed E-state index contributed by atoms with van der Waals surface area (Å²) in [6.07, 6.45) is 6.39. The molecule has 32 heavy (non-hydrogen) atoms. The normalized spacial score (nSPS) is 28.6. The van der Waals surface area contributed by atoms with Crippen molar-refractivity contribution in [2.24, 2.45) is 17.8 Å². The topological polar surface area (TPSA) is 96.5 Å². The fourth-order valence-corrected chi connectivity index (χ4v) is 6.18. The Labute approximate surface area is 190 Å². The lowest BCUT2D eigenvalue weighted by molar-refractivity contribution is -0.154. The Kier molecular flexibility index (Phi) is 6.72. The minimum Gasteiger partial charge on any atom is -0.452 e. The molecule has 4 aliphatic rings. The lowest BCUT2D eigenvalue weighted by atomic mass is 9.53. The van der Waals surface area contributed by atoms with Crippen LogP contribution in [0.4, 0.5) is 4.79 Å². The van der Waals surface area contributed by atoms with E-state index in [0.717, 1.165) is 48.1 Å². The van der Waals surface area contributed by atoms with Gasteiger partial charge in [0.1, 0.15) is 0 Å². The summed E-state index contributed by atoms with van der Waals surface area (Å²) >= 11 is 0. The van der Waals surface area contributed by atoms with E-state index in [-0.39, 0.29) is 30.4 Å². The van der Waals surface area contributed by atoms with Crippen molar-refractivity contribution in [3.63, 3.8) is 0 Å². The number of carbonyl (C=O) groups excluding carboxylic acids is 3. The standard InChI is InChI=1S/C25H35N3O4/c1-16-3-5-18(6-4-16)15-27-23(30)17(2)32-22(29)7-8-26-24(31)28-25-12-19-9-20(13-25)11-21(10-19)14-25/h3-6,17,19-21H,7-15H2,1-2H3,(H,27,30)(H2,26,28,31). The van der Waals surface area contributed by atoms with Gasteiger partial charge in [0.2, 0.25) is 0 Å². The number of aryl methyl sites for hydroxylation is 1. The summed E-state index contributed by atoms with van der Waals surface area (Å²) < 4.78 is 5.21. The summed E-state index contributed by atoms with van der Waals surface area (Å²) in [4.78, 5) is 36.7. The number of hydrogen-bond donors (Lipinski definition) is 3. The fraction of sp³-hybridized carbons (Fsp3) is 0.640. The van der Waals surface area contributed by atoms with Crippen molar-refractivity contribution in [2.45, 2.75) is 77.0 Å². The van der Waals surface area contributed by atoms with Crippen LogP contribution < -0.4 is 16.0 Å². The maximum Gasteiger partial charge on any atom is 0.315 e. The van der Waals surface area contributed by atoms with Gasteiger partial charge in [-0.05, 0) is 75.7 Å². The predicted molar refractivity (Wildman–Crippen MR) is 121 cm³/mol. The van der Waals surface area contributed by atoms with Gasteiger partial charge in [-0.25, -0.2) is 4.79 Å². The van der Waals surface area contributed by atoms with Crippen LogP contribution in [0.5, 0.6) is 0 Å². The number of hydrogen-bond acceptors (Lipinski definition) is 4. The lowest BCUT2D eigenvalue weighted by Crippen LogP contribution is -2.61. The molecular formula is C25H35N3O4. The van der Waals surface area contributed by atoms with E-state index in [1.54, 1.807) is 6.92 Å². The quantitative estimate of drug-likeness (QED) is 0.540. The summed E-state index contributed by atoms with van der Waals surface area (Å²) in [6, 6.07) is 7.66. The summed E-state index contributed by atoms with van der Waals surface area (Å²) in [5, 5.41) is 8.79. The van der Waals surface area contributed by atoms with Crippen LogP contribution in [-0.4, -0.2) is 36.1 Å². The molecule has 3 N–H and O–H groups in total. The van der Waals surface area contributed by atoms with Crippen LogP contribution in [0, 0.1) is 24.7 Å². The molecule has 7 heteroatoms. The number of amides is 3. The summed E-state index contributed by atoms with van der Waals surface area (Å²) in [6.45, 7) is 4.13. The zero-order valence-electron chi connectivity index (χ0n) is 19.1. The van der Waals surface area contributed by atoms with Gasteiger partial charge in [-0.1, -0.05) is 29.8 Å². The molecular weight excluding hydrogens is 406 g/mol. The maximum absolute atomic E-state index is 12.4. The minimum atomic E-state index is -0.881. The Balaban J connectivity index is 1.13.